The SMILES string of the molecule is N#Cc1cccc(-c2ccc(-n3c4ccccc4c4ccccc43)c(-c3nc(-c4cccc(-c5ccccc5C#N)c4)nc(-c4ccc(-n5c6ccccc6c6ccccc65)c(-c5cccc(C#N)c5)c4)n3)c2)c1. The van der Waals surface area contributed by atoms with Gasteiger partial charge in [-0.15, -0.1) is 0 Å². The Morgan fingerprint density at radius 3 is 1.26 bits per heavy atom. The normalized spacial score (nSPS) is 11.2. The van der Waals surface area contributed by atoms with Gasteiger partial charge >= 0.3 is 0 Å². The van der Waals surface area contributed by atoms with Gasteiger partial charge in [0.2, 0.25) is 0 Å². The molecule has 10 aromatic carbocycles. The van der Waals surface area contributed by atoms with E-state index >= 15 is 0 Å². The van der Waals surface area contributed by atoms with E-state index in [1.54, 1.807) is 0 Å². The molecule has 0 aliphatic carbocycles. The summed E-state index contributed by atoms with van der Waals surface area (Å²) >= 11 is 0. The third kappa shape index (κ3) is 7.33. The summed E-state index contributed by atoms with van der Waals surface area (Å²) in [5.41, 5.74) is 15.0. The van der Waals surface area contributed by atoms with Crippen LogP contribution < -0.4 is 0 Å². The molecule has 0 amide bonds. The van der Waals surface area contributed by atoms with Crippen LogP contribution in [0.4, 0.5) is 0 Å². The number of rotatable bonds is 8. The minimum Gasteiger partial charge on any atom is -0.309 e. The second kappa shape index (κ2) is 17.9. The monoisotopic (exact) mass is 942 g/mol. The molecule has 8 nitrogen and oxygen atoms in total. The van der Waals surface area contributed by atoms with E-state index in [0.717, 1.165) is 105 Å². The van der Waals surface area contributed by atoms with E-state index in [-0.39, 0.29) is 0 Å². The Morgan fingerprint density at radius 1 is 0.284 bits per heavy atom. The van der Waals surface area contributed by atoms with Gasteiger partial charge in [-0.2, -0.15) is 15.8 Å². The highest BCUT2D eigenvalue weighted by molar-refractivity contribution is 6.11. The van der Waals surface area contributed by atoms with Crippen molar-refractivity contribution in [2.75, 3.05) is 0 Å². The molecule has 0 saturated carbocycles. The van der Waals surface area contributed by atoms with Crippen LogP contribution in [0.2, 0.25) is 0 Å². The molecule has 342 valence electrons. The van der Waals surface area contributed by atoms with Crippen LogP contribution in [0.5, 0.6) is 0 Å². The van der Waals surface area contributed by atoms with Crippen LogP contribution in [0.25, 0.3) is 123 Å². The van der Waals surface area contributed by atoms with Gasteiger partial charge in [-0.25, -0.2) is 15.0 Å². The fraction of sp³-hybridized carbons (Fsp3) is 0. The molecule has 3 heterocycles. The van der Waals surface area contributed by atoms with E-state index in [0.29, 0.717) is 34.2 Å². The summed E-state index contributed by atoms with van der Waals surface area (Å²) < 4.78 is 4.57. The maximum atomic E-state index is 10.2. The topological polar surface area (TPSA) is 120 Å². The standard InChI is InChI=1S/C66H38N8/c67-39-42-14-11-17-44(34-42)45-30-32-63(74-60-28-9-5-24-54(60)55-25-6-10-29-61(55)74)57(37-45)66-71-64(48-20-13-19-47(36-48)51-21-2-1-16-50(51)41-69)70-65(72-66)49-31-33-62(56(38-49)46-18-12-15-43(35-46)40-68)73-58-26-7-3-22-52(58)53-23-4-8-27-59(53)73/h1-38H. The lowest BCUT2D eigenvalue weighted by molar-refractivity contribution is 1.06. The Balaban J connectivity index is 1.10. The van der Waals surface area contributed by atoms with E-state index in [1.807, 2.05) is 97.1 Å². The van der Waals surface area contributed by atoms with E-state index in [4.69, 9.17) is 15.0 Å². The van der Waals surface area contributed by atoms with E-state index in [1.165, 1.54) is 0 Å². The molecule has 0 unspecified atom stereocenters. The molecule has 0 N–H and O–H groups in total. The molecule has 3 aromatic heterocycles. The summed E-state index contributed by atoms with van der Waals surface area (Å²) in [6, 6.07) is 84.2. The highest BCUT2D eigenvalue weighted by Crippen LogP contribution is 2.41. The first kappa shape index (κ1) is 43.3. The first-order chi connectivity index (χ1) is 36.5. The van der Waals surface area contributed by atoms with Crippen molar-refractivity contribution in [2.45, 2.75) is 0 Å². The molecule has 13 rings (SSSR count). The van der Waals surface area contributed by atoms with Gasteiger partial charge in [0, 0.05) is 43.8 Å². The van der Waals surface area contributed by atoms with E-state index in [9.17, 15) is 15.8 Å². The highest BCUT2D eigenvalue weighted by atomic mass is 15.1. The summed E-state index contributed by atoms with van der Waals surface area (Å²) in [4.78, 5) is 16.2. The summed E-state index contributed by atoms with van der Waals surface area (Å²) in [6.45, 7) is 0. The van der Waals surface area contributed by atoms with Crippen molar-refractivity contribution >= 4 is 43.6 Å². The molecular formula is C66H38N8. The Kier molecular flexibility index (Phi) is 10.5. The van der Waals surface area contributed by atoms with E-state index < -0.39 is 0 Å². The molecule has 0 saturated heterocycles. The fourth-order valence-corrected chi connectivity index (χ4v) is 10.5. The Labute approximate surface area is 425 Å². The molecule has 0 radical (unpaired) electrons. The number of hydrogen-bond donors (Lipinski definition) is 0. The fourth-order valence-electron chi connectivity index (χ4n) is 10.5. The van der Waals surface area contributed by atoms with Gasteiger partial charge < -0.3 is 9.13 Å². The van der Waals surface area contributed by atoms with Crippen LogP contribution in [-0.2, 0) is 0 Å². The number of benzene rings is 10. The van der Waals surface area contributed by atoms with Crippen LogP contribution in [0.15, 0.2) is 231 Å². The second-order valence-corrected chi connectivity index (χ2v) is 18.1. The van der Waals surface area contributed by atoms with Crippen molar-refractivity contribution in [3.8, 4) is 97.1 Å². The highest BCUT2D eigenvalue weighted by Gasteiger charge is 2.23. The van der Waals surface area contributed by atoms with E-state index in [2.05, 4.69) is 161 Å². The Morgan fingerprint density at radius 2 is 0.689 bits per heavy atom. The van der Waals surface area contributed by atoms with Gasteiger partial charge in [-0.3, -0.25) is 0 Å². The molecule has 0 atom stereocenters. The molecule has 0 aliphatic heterocycles. The van der Waals surface area contributed by atoms with Crippen LogP contribution in [0.3, 0.4) is 0 Å². The number of para-hydroxylation sites is 4. The van der Waals surface area contributed by atoms with Crippen molar-refractivity contribution in [1.82, 2.24) is 24.1 Å². The molecule has 13 aromatic rings. The van der Waals surface area contributed by atoms with Crippen molar-refractivity contribution in [3.05, 3.63) is 247 Å². The molecule has 0 fully saturated rings. The Hall–Kier alpha value is -10.7. The van der Waals surface area contributed by atoms with Crippen molar-refractivity contribution in [3.63, 3.8) is 0 Å². The molecule has 0 bridgehead atoms. The zero-order valence-corrected chi connectivity index (χ0v) is 39.5. The third-order valence-corrected chi connectivity index (χ3v) is 13.9. The van der Waals surface area contributed by atoms with Crippen molar-refractivity contribution in [1.29, 1.82) is 15.8 Å². The van der Waals surface area contributed by atoms with Crippen LogP contribution >= 0.6 is 0 Å². The van der Waals surface area contributed by atoms with Gasteiger partial charge in [0.25, 0.3) is 0 Å². The third-order valence-electron chi connectivity index (χ3n) is 13.9. The maximum absolute atomic E-state index is 10.2. The molecule has 0 aliphatic rings. The van der Waals surface area contributed by atoms with Gasteiger partial charge in [0.05, 0.1) is 68.3 Å². The van der Waals surface area contributed by atoms with Crippen LogP contribution in [-0.4, -0.2) is 24.1 Å². The Bertz CT molecular complexity index is 4450. The number of aromatic nitrogens is 5. The molecule has 8 heteroatoms. The summed E-state index contributed by atoms with van der Waals surface area (Å²) in [7, 11) is 0. The zero-order chi connectivity index (χ0) is 49.7. The number of nitrogens with zero attached hydrogens (tertiary/aromatic N) is 8. The lowest BCUT2D eigenvalue weighted by Gasteiger charge is -2.18. The minimum absolute atomic E-state index is 0.433. The van der Waals surface area contributed by atoms with Gasteiger partial charge in [-0.05, 0) is 119 Å². The average molecular weight is 943 g/mol. The summed E-state index contributed by atoms with van der Waals surface area (Å²) in [5.74, 6) is 1.30. The number of hydrogen-bond acceptors (Lipinski definition) is 6. The van der Waals surface area contributed by atoms with Gasteiger partial charge in [0.15, 0.2) is 17.5 Å². The number of fused-ring (bicyclic) bond motifs is 6. The largest absolute Gasteiger partial charge is 0.309 e. The average Bonchev–Trinajstić information content (AvgIpc) is 4.03. The second-order valence-electron chi connectivity index (χ2n) is 18.1. The molecule has 74 heavy (non-hydrogen) atoms. The lowest BCUT2D eigenvalue weighted by Crippen LogP contribution is -2.05. The van der Waals surface area contributed by atoms with Crippen molar-refractivity contribution in [2.24, 2.45) is 0 Å². The predicted octanol–water partition coefficient (Wildman–Crippen LogP) is 15.7. The molecule has 0 spiro atoms. The van der Waals surface area contributed by atoms with Crippen molar-refractivity contribution < 1.29 is 0 Å². The first-order valence-corrected chi connectivity index (χ1v) is 24.2. The molecular weight excluding hydrogens is 905 g/mol. The summed E-state index contributed by atoms with van der Waals surface area (Å²) in [5, 5.41) is 34.8. The lowest BCUT2D eigenvalue weighted by atomic mass is 9.97. The van der Waals surface area contributed by atoms with Crippen LogP contribution in [0, 0.1) is 34.0 Å². The van der Waals surface area contributed by atoms with Gasteiger partial charge in [-0.1, -0.05) is 140 Å². The predicted molar refractivity (Wildman–Crippen MR) is 295 cm³/mol. The minimum atomic E-state index is 0.433. The first-order valence-electron chi connectivity index (χ1n) is 24.2. The quantitative estimate of drug-likeness (QED) is 0.150. The van der Waals surface area contributed by atoms with Crippen LogP contribution in [0.1, 0.15) is 16.7 Å². The number of nitriles is 3. The maximum Gasteiger partial charge on any atom is 0.166 e. The summed E-state index contributed by atoms with van der Waals surface area (Å²) in [6.07, 6.45) is 0. The van der Waals surface area contributed by atoms with Gasteiger partial charge in [0.1, 0.15) is 0 Å². The zero-order valence-electron chi connectivity index (χ0n) is 39.5. The smallest absolute Gasteiger partial charge is 0.166 e.